The Morgan fingerprint density at radius 2 is 1.95 bits per heavy atom. The van der Waals surface area contributed by atoms with E-state index in [0.717, 1.165) is 12.5 Å². The van der Waals surface area contributed by atoms with Gasteiger partial charge >= 0.3 is 6.36 Å². The van der Waals surface area contributed by atoms with Gasteiger partial charge in [-0.3, -0.25) is 4.79 Å². The van der Waals surface area contributed by atoms with Gasteiger partial charge in [0.05, 0.1) is 5.69 Å². The molecule has 118 valence electrons. The quantitative estimate of drug-likeness (QED) is 0.840. The minimum Gasteiger partial charge on any atom is -0.404 e. The Morgan fingerprint density at radius 3 is 2.64 bits per heavy atom. The maximum absolute atomic E-state index is 12.3. The van der Waals surface area contributed by atoms with E-state index in [-0.39, 0.29) is 18.0 Å². The Kier molecular flexibility index (Phi) is 5.43. The second kappa shape index (κ2) is 7.31. The van der Waals surface area contributed by atoms with Crippen LogP contribution < -0.4 is 10.1 Å². The van der Waals surface area contributed by atoms with Crippen molar-refractivity contribution in [1.29, 1.82) is 0 Å². The summed E-state index contributed by atoms with van der Waals surface area (Å²) in [7, 11) is 0. The maximum atomic E-state index is 12.3. The number of hydrogen-bond acceptors (Lipinski definition) is 3. The predicted octanol–water partition coefficient (Wildman–Crippen LogP) is 4.61. The molecule has 1 N–H and O–H groups in total. The Bertz CT molecular complexity index is 612. The lowest BCUT2D eigenvalue weighted by Crippen LogP contribution is -2.19. The molecule has 2 aromatic rings. The molecule has 22 heavy (non-hydrogen) atoms. The van der Waals surface area contributed by atoms with Crippen molar-refractivity contribution in [3.8, 4) is 5.75 Å². The van der Waals surface area contributed by atoms with Gasteiger partial charge in [-0.15, -0.1) is 24.5 Å². The van der Waals surface area contributed by atoms with Crippen molar-refractivity contribution in [3.63, 3.8) is 0 Å². The fourth-order valence-electron chi connectivity index (χ4n) is 1.87. The summed E-state index contributed by atoms with van der Waals surface area (Å²) in [6, 6.07) is 9.39. The standard InChI is InChI=1S/C15H14F3NO2S/c16-15(17,18)21-13-8-2-1-7-12(13)19-14(20)9-3-5-11-6-4-10-22-11/h1-2,4,6-8,10H,3,5,9H2,(H,19,20). The number of anilines is 1. The fraction of sp³-hybridized carbons (Fsp3) is 0.267. The zero-order valence-corrected chi connectivity index (χ0v) is 12.3. The molecule has 0 atom stereocenters. The summed E-state index contributed by atoms with van der Waals surface area (Å²) < 4.78 is 40.7. The van der Waals surface area contributed by atoms with Crippen LogP contribution in [0, 0.1) is 0 Å². The van der Waals surface area contributed by atoms with E-state index in [9.17, 15) is 18.0 Å². The summed E-state index contributed by atoms with van der Waals surface area (Å²) in [5.74, 6) is -0.753. The number of alkyl halides is 3. The molecule has 3 nitrogen and oxygen atoms in total. The number of benzene rings is 1. The number of halogens is 3. The number of para-hydroxylation sites is 2. The molecule has 0 aliphatic carbocycles. The number of ether oxygens (including phenoxy) is 1. The van der Waals surface area contributed by atoms with Gasteiger partial charge in [0.25, 0.3) is 0 Å². The lowest BCUT2D eigenvalue weighted by molar-refractivity contribution is -0.274. The normalized spacial score (nSPS) is 11.2. The van der Waals surface area contributed by atoms with Crippen molar-refractivity contribution in [2.24, 2.45) is 0 Å². The lowest BCUT2D eigenvalue weighted by atomic mass is 10.2. The first-order valence-electron chi connectivity index (χ1n) is 6.61. The Labute approximate surface area is 129 Å². The van der Waals surface area contributed by atoms with Gasteiger partial charge < -0.3 is 10.1 Å². The molecule has 1 aromatic carbocycles. The summed E-state index contributed by atoms with van der Waals surface area (Å²) in [6.45, 7) is 0. The van der Waals surface area contributed by atoms with E-state index >= 15 is 0 Å². The predicted molar refractivity (Wildman–Crippen MR) is 79.0 cm³/mol. The van der Waals surface area contributed by atoms with Crippen molar-refractivity contribution in [1.82, 2.24) is 0 Å². The van der Waals surface area contributed by atoms with Crippen molar-refractivity contribution in [3.05, 3.63) is 46.7 Å². The van der Waals surface area contributed by atoms with Gasteiger partial charge in [0.1, 0.15) is 0 Å². The number of rotatable bonds is 6. The molecule has 2 rings (SSSR count). The van der Waals surface area contributed by atoms with Gasteiger partial charge in [-0.1, -0.05) is 18.2 Å². The van der Waals surface area contributed by atoms with Gasteiger partial charge in [-0.2, -0.15) is 0 Å². The first-order valence-corrected chi connectivity index (χ1v) is 7.49. The van der Waals surface area contributed by atoms with E-state index < -0.39 is 12.1 Å². The molecule has 0 saturated carbocycles. The maximum Gasteiger partial charge on any atom is 0.573 e. The highest BCUT2D eigenvalue weighted by atomic mass is 32.1. The van der Waals surface area contributed by atoms with E-state index in [1.54, 1.807) is 11.3 Å². The lowest BCUT2D eigenvalue weighted by Gasteiger charge is -2.13. The molecule has 0 aliphatic heterocycles. The summed E-state index contributed by atoms with van der Waals surface area (Å²) in [5, 5.41) is 4.41. The minimum atomic E-state index is -4.79. The van der Waals surface area contributed by atoms with Crippen LogP contribution in [0.25, 0.3) is 0 Å². The van der Waals surface area contributed by atoms with Crippen LogP contribution in [0.4, 0.5) is 18.9 Å². The van der Waals surface area contributed by atoms with E-state index in [0.29, 0.717) is 6.42 Å². The first kappa shape index (κ1) is 16.4. The summed E-state index contributed by atoms with van der Waals surface area (Å²) >= 11 is 1.61. The molecule has 0 spiro atoms. The molecule has 0 fully saturated rings. The second-order valence-corrected chi connectivity index (χ2v) is 5.56. The van der Waals surface area contributed by atoms with E-state index in [2.05, 4.69) is 10.1 Å². The molecule has 0 saturated heterocycles. The van der Waals surface area contributed by atoms with Crippen LogP contribution in [0.5, 0.6) is 5.75 Å². The van der Waals surface area contributed by atoms with Crippen molar-refractivity contribution >= 4 is 22.9 Å². The van der Waals surface area contributed by atoms with Crippen molar-refractivity contribution in [2.45, 2.75) is 25.6 Å². The Balaban J connectivity index is 1.88. The highest BCUT2D eigenvalue weighted by molar-refractivity contribution is 7.09. The van der Waals surface area contributed by atoms with Crippen molar-refractivity contribution < 1.29 is 22.7 Å². The molecular formula is C15H14F3NO2S. The topological polar surface area (TPSA) is 38.3 Å². The van der Waals surface area contributed by atoms with Crippen LogP contribution in [-0.4, -0.2) is 12.3 Å². The van der Waals surface area contributed by atoms with Gasteiger partial charge in [-0.25, -0.2) is 0 Å². The largest absolute Gasteiger partial charge is 0.573 e. The highest BCUT2D eigenvalue weighted by Gasteiger charge is 2.32. The third-order valence-electron chi connectivity index (χ3n) is 2.79. The minimum absolute atomic E-state index is 0.0148. The highest BCUT2D eigenvalue weighted by Crippen LogP contribution is 2.30. The number of thiophene rings is 1. The van der Waals surface area contributed by atoms with Gasteiger partial charge in [0, 0.05) is 11.3 Å². The molecule has 1 amide bonds. The van der Waals surface area contributed by atoms with Crippen molar-refractivity contribution in [2.75, 3.05) is 5.32 Å². The average Bonchev–Trinajstić information content (AvgIpc) is 2.92. The molecule has 1 aromatic heterocycles. The van der Waals surface area contributed by atoms with Gasteiger partial charge in [0.15, 0.2) is 5.75 Å². The third-order valence-corrected chi connectivity index (χ3v) is 3.73. The van der Waals surface area contributed by atoms with Crippen LogP contribution in [0.2, 0.25) is 0 Å². The number of carbonyl (C=O) groups is 1. The Morgan fingerprint density at radius 1 is 1.18 bits per heavy atom. The summed E-state index contributed by atoms with van der Waals surface area (Å²) in [4.78, 5) is 13.0. The zero-order valence-electron chi connectivity index (χ0n) is 11.5. The Hall–Kier alpha value is -2.02. The molecule has 7 heteroatoms. The summed E-state index contributed by atoms with van der Waals surface area (Å²) in [6.07, 6.45) is -3.15. The molecule has 0 aliphatic rings. The smallest absolute Gasteiger partial charge is 0.404 e. The van der Waals surface area contributed by atoms with Crippen LogP contribution in [0.1, 0.15) is 17.7 Å². The molecule has 0 bridgehead atoms. The van der Waals surface area contributed by atoms with E-state index in [4.69, 9.17) is 0 Å². The number of aryl methyl sites for hydroxylation is 1. The number of amides is 1. The van der Waals surface area contributed by atoms with Gasteiger partial charge in [-0.05, 0) is 36.4 Å². The number of nitrogens with one attached hydrogen (secondary N) is 1. The molecule has 1 heterocycles. The average molecular weight is 329 g/mol. The fourth-order valence-corrected chi connectivity index (χ4v) is 2.63. The second-order valence-electron chi connectivity index (χ2n) is 4.53. The molecule has 0 radical (unpaired) electrons. The van der Waals surface area contributed by atoms with Gasteiger partial charge in [0.2, 0.25) is 5.91 Å². The summed E-state index contributed by atoms with van der Waals surface area (Å²) in [5.41, 5.74) is 0.0148. The monoisotopic (exact) mass is 329 g/mol. The SMILES string of the molecule is O=C(CCCc1cccs1)Nc1ccccc1OC(F)(F)F. The first-order chi connectivity index (χ1) is 10.4. The number of hydrogen-bond donors (Lipinski definition) is 1. The molecule has 0 unspecified atom stereocenters. The van der Waals surface area contributed by atoms with E-state index in [1.165, 1.54) is 23.1 Å². The molecular weight excluding hydrogens is 315 g/mol. The van der Waals surface area contributed by atoms with Crippen LogP contribution >= 0.6 is 11.3 Å². The number of carbonyl (C=O) groups excluding carboxylic acids is 1. The van der Waals surface area contributed by atoms with Crippen LogP contribution in [-0.2, 0) is 11.2 Å². The van der Waals surface area contributed by atoms with E-state index in [1.807, 2.05) is 17.5 Å². The third kappa shape index (κ3) is 5.40. The zero-order chi connectivity index (χ0) is 16.0. The van der Waals surface area contributed by atoms with Crippen LogP contribution in [0.15, 0.2) is 41.8 Å². The van der Waals surface area contributed by atoms with Crippen LogP contribution in [0.3, 0.4) is 0 Å².